The van der Waals surface area contributed by atoms with Crippen molar-refractivity contribution in [2.45, 2.75) is 44.5 Å². The number of aromatic nitrogens is 2. The summed E-state index contributed by atoms with van der Waals surface area (Å²) in [4.78, 5) is 43.7. The van der Waals surface area contributed by atoms with E-state index in [0.29, 0.717) is 41.0 Å². The Morgan fingerprint density at radius 1 is 1.02 bits per heavy atom. The highest BCUT2D eigenvalue weighted by Gasteiger charge is 2.52. The summed E-state index contributed by atoms with van der Waals surface area (Å²) in [5, 5.41) is 25.9. The number of nitrogens with zero attached hydrogens (tertiary/aromatic N) is 3. The number of carbonyl (C=O) groups is 2. The number of anilines is 1. The van der Waals surface area contributed by atoms with Crippen LogP contribution < -0.4 is 15.2 Å². The number of nitrogens with one attached hydrogen (secondary N) is 1. The van der Waals surface area contributed by atoms with Crippen molar-refractivity contribution in [3.8, 4) is 11.4 Å². The molecule has 2 amide bonds. The van der Waals surface area contributed by atoms with E-state index in [1.54, 1.807) is 53.1 Å². The van der Waals surface area contributed by atoms with E-state index in [1.807, 2.05) is 66.7 Å². The smallest absolute Gasteiger partial charge is 0.279 e. The molecule has 3 N–H and O–H groups in total. The van der Waals surface area contributed by atoms with Crippen molar-refractivity contribution in [1.82, 2.24) is 14.7 Å². The van der Waals surface area contributed by atoms with Gasteiger partial charge in [0.05, 0.1) is 48.6 Å². The first-order valence-electron chi connectivity index (χ1n) is 16.4. The minimum absolute atomic E-state index is 0.0633. The average molecular weight is 659 g/mol. The van der Waals surface area contributed by atoms with Crippen LogP contribution in [0.25, 0.3) is 16.6 Å². The van der Waals surface area contributed by atoms with Gasteiger partial charge in [0, 0.05) is 24.4 Å². The molecule has 49 heavy (non-hydrogen) atoms. The molecular weight excluding hydrogens is 620 g/mol. The average Bonchev–Trinajstić information content (AvgIpc) is 3.58. The van der Waals surface area contributed by atoms with Gasteiger partial charge in [0.25, 0.3) is 11.5 Å². The van der Waals surface area contributed by atoms with Gasteiger partial charge in [-0.15, -0.1) is 0 Å². The number of carbonyl (C=O) groups excluding carboxylic acids is 2. The minimum Gasteiger partial charge on any atom is -0.497 e. The van der Waals surface area contributed by atoms with Crippen molar-refractivity contribution < 1.29 is 24.5 Å². The Labute approximate surface area is 283 Å². The highest BCUT2D eigenvalue weighted by molar-refractivity contribution is 6.07. The van der Waals surface area contributed by atoms with Crippen LogP contribution in [0.2, 0.25) is 0 Å². The monoisotopic (exact) mass is 658 g/mol. The topological polar surface area (TPSA) is 128 Å². The molecule has 10 heteroatoms. The van der Waals surface area contributed by atoms with Crippen LogP contribution in [0.15, 0.2) is 108 Å². The number of methoxy groups -OCH3 is 1. The van der Waals surface area contributed by atoms with Crippen molar-refractivity contribution in [1.29, 1.82) is 0 Å². The Morgan fingerprint density at radius 2 is 1.76 bits per heavy atom. The zero-order valence-electron chi connectivity index (χ0n) is 27.4. The van der Waals surface area contributed by atoms with Gasteiger partial charge in [-0.2, -0.15) is 0 Å². The van der Waals surface area contributed by atoms with Gasteiger partial charge in [0.2, 0.25) is 5.91 Å². The first kappa shape index (κ1) is 32.1. The molecule has 0 radical (unpaired) electrons. The summed E-state index contributed by atoms with van der Waals surface area (Å²) in [6.07, 6.45) is 4.06. The molecule has 3 heterocycles. The lowest BCUT2D eigenvalue weighted by molar-refractivity contribution is -0.139. The third-order valence-corrected chi connectivity index (χ3v) is 9.87. The van der Waals surface area contributed by atoms with Gasteiger partial charge >= 0.3 is 0 Å². The fourth-order valence-corrected chi connectivity index (χ4v) is 7.06. The Hall–Kier alpha value is -5.45. The van der Waals surface area contributed by atoms with Gasteiger partial charge in [-0.05, 0) is 65.6 Å². The van der Waals surface area contributed by atoms with Gasteiger partial charge < -0.3 is 24.7 Å². The molecule has 1 aromatic heterocycles. The number of aromatic amines is 1. The van der Waals surface area contributed by atoms with Crippen molar-refractivity contribution >= 4 is 28.4 Å². The predicted octanol–water partition coefficient (Wildman–Crippen LogP) is 4.59. The van der Waals surface area contributed by atoms with E-state index in [4.69, 9.17) is 4.74 Å². The third-order valence-electron chi connectivity index (χ3n) is 9.87. The molecule has 5 aromatic rings. The number of aliphatic hydroxyl groups is 2. The first-order valence-corrected chi connectivity index (χ1v) is 16.4. The van der Waals surface area contributed by atoms with Gasteiger partial charge in [0.15, 0.2) is 5.60 Å². The van der Waals surface area contributed by atoms with Crippen molar-refractivity contribution in [2.24, 2.45) is 5.92 Å². The second kappa shape index (κ2) is 12.9. The molecule has 0 fully saturated rings. The summed E-state index contributed by atoms with van der Waals surface area (Å²) in [6.45, 7) is 2.24. The van der Waals surface area contributed by atoms with E-state index in [0.717, 1.165) is 22.2 Å². The number of H-pyrrole nitrogens is 1. The summed E-state index contributed by atoms with van der Waals surface area (Å²) in [7, 11) is 1.53. The zero-order chi connectivity index (χ0) is 34.3. The van der Waals surface area contributed by atoms with Crippen molar-refractivity contribution in [2.75, 3.05) is 18.6 Å². The molecule has 250 valence electrons. The molecule has 7 rings (SSSR count). The largest absolute Gasteiger partial charge is 0.497 e. The lowest BCUT2D eigenvalue weighted by Gasteiger charge is -2.36. The van der Waals surface area contributed by atoms with Crippen LogP contribution in [0.3, 0.4) is 0 Å². The van der Waals surface area contributed by atoms with Gasteiger partial charge in [-0.25, -0.2) is 4.68 Å². The quantitative estimate of drug-likeness (QED) is 0.199. The van der Waals surface area contributed by atoms with Crippen LogP contribution in [0, 0.1) is 5.92 Å². The number of hydrogen-bond donors (Lipinski definition) is 3. The van der Waals surface area contributed by atoms with Crippen LogP contribution in [0.4, 0.5) is 5.69 Å². The predicted molar refractivity (Wildman–Crippen MR) is 186 cm³/mol. The fraction of sp³-hybridized carbons (Fsp3) is 0.256. The second-order valence-corrected chi connectivity index (χ2v) is 12.8. The molecule has 0 saturated heterocycles. The molecule has 0 spiro atoms. The molecule has 4 aromatic carbocycles. The summed E-state index contributed by atoms with van der Waals surface area (Å²) >= 11 is 0. The zero-order valence-corrected chi connectivity index (χ0v) is 27.4. The second-order valence-electron chi connectivity index (χ2n) is 12.8. The number of benzene rings is 4. The number of amides is 2. The van der Waals surface area contributed by atoms with E-state index in [1.165, 1.54) is 11.8 Å². The van der Waals surface area contributed by atoms with Crippen molar-refractivity contribution in [3.63, 3.8) is 0 Å². The molecule has 0 bridgehead atoms. The van der Waals surface area contributed by atoms with Crippen LogP contribution in [-0.2, 0) is 34.7 Å². The molecular formula is C39H38N4O6. The molecule has 2 aliphatic heterocycles. The maximum Gasteiger partial charge on any atom is 0.279 e. The number of ether oxygens (including phenoxy) is 1. The fourth-order valence-electron chi connectivity index (χ4n) is 7.06. The van der Waals surface area contributed by atoms with E-state index < -0.39 is 17.4 Å². The first-order chi connectivity index (χ1) is 23.7. The summed E-state index contributed by atoms with van der Waals surface area (Å²) in [5.74, 6) is -0.797. The molecule has 10 nitrogen and oxygen atoms in total. The third kappa shape index (κ3) is 5.62. The molecule has 0 unspecified atom stereocenters. The van der Waals surface area contributed by atoms with E-state index >= 15 is 0 Å². The summed E-state index contributed by atoms with van der Waals surface area (Å²) < 4.78 is 6.94. The molecule has 2 aliphatic rings. The van der Waals surface area contributed by atoms with Crippen LogP contribution in [-0.4, -0.2) is 56.5 Å². The Bertz CT molecular complexity index is 2130. The number of aliphatic hydroxyl groups excluding tert-OH is 1. The lowest BCUT2D eigenvalue weighted by atomic mass is 9.82. The molecule has 0 saturated carbocycles. The maximum absolute atomic E-state index is 14.2. The summed E-state index contributed by atoms with van der Waals surface area (Å²) in [6, 6.07) is 27.5. The van der Waals surface area contributed by atoms with Gasteiger partial charge in [-0.3, -0.25) is 19.5 Å². The standard InChI is InChI=1S/C39H38N4O6/c1-25(8-7-13-36(45)41-23-28-10-4-3-9-27(28)20-30(41)24-44)39(48)33-21-31(49-2)18-19-35(33)42(38(39)47)22-26-14-16-29(17-15-26)43-37(46)32-11-5-6-12-34(32)40-43/h3-12,14-19,21,25,30,40,44,48H,13,20,22-24H2,1-2H3/b8-7+/t25-,30-,39+/m0/s1. The lowest BCUT2D eigenvalue weighted by Crippen LogP contribution is -2.46. The Kier molecular flexibility index (Phi) is 8.43. The van der Waals surface area contributed by atoms with Crippen LogP contribution >= 0.6 is 0 Å². The van der Waals surface area contributed by atoms with E-state index in [2.05, 4.69) is 5.10 Å². The maximum atomic E-state index is 14.2. The highest BCUT2D eigenvalue weighted by atomic mass is 16.5. The minimum atomic E-state index is -1.90. The number of rotatable bonds is 9. The van der Waals surface area contributed by atoms with Crippen molar-refractivity contribution in [3.05, 3.63) is 136 Å². The summed E-state index contributed by atoms with van der Waals surface area (Å²) in [5.41, 5.74) is 3.35. The number of fused-ring (bicyclic) bond motifs is 3. The Morgan fingerprint density at radius 3 is 2.49 bits per heavy atom. The van der Waals surface area contributed by atoms with Crippen LogP contribution in [0.1, 0.15) is 35.6 Å². The molecule has 3 atom stereocenters. The number of hydrogen-bond acceptors (Lipinski definition) is 6. The highest BCUT2D eigenvalue weighted by Crippen LogP contribution is 2.47. The molecule has 0 aliphatic carbocycles. The van der Waals surface area contributed by atoms with E-state index in [-0.39, 0.29) is 37.1 Å². The van der Waals surface area contributed by atoms with Gasteiger partial charge in [0.1, 0.15) is 5.75 Å². The van der Waals surface area contributed by atoms with E-state index in [9.17, 15) is 24.6 Å². The normalized spacial score (nSPS) is 19.3. The van der Waals surface area contributed by atoms with Crippen LogP contribution in [0.5, 0.6) is 5.75 Å². The van der Waals surface area contributed by atoms with Gasteiger partial charge in [-0.1, -0.05) is 67.6 Å². The Balaban J connectivity index is 1.10. The number of para-hydroxylation sites is 1. The SMILES string of the molecule is COc1ccc2c(c1)[C@](O)([C@@H](C)/C=C/CC(=O)N1Cc3ccccc3C[C@H]1CO)C(=O)N2Cc1ccc(-n2[nH]c3ccccc3c2=O)cc1.